The number of nitrogens with one attached hydrogen (secondary N) is 1. The van der Waals surface area contributed by atoms with Crippen molar-refractivity contribution in [3.05, 3.63) is 0 Å². The summed E-state index contributed by atoms with van der Waals surface area (Å²) in [6.45, 7) is 0.457. The van der Waals surface area contributed by atoms with E-state index in [4.69, 9.17) is 0 Å². The Labute approximate surface area is 90.8 Å². The van der Waals surface area contributed by atoms with Gasteiger partial charge < -0.3 is 10.2 Å². The van der Waals surface area contributed by atoms with Crippen LogP contribution in [-0.2, 0) is 4.79 Å². The van der Waals surface area contributed by atoms with Gasteiger partial charge in [-0.1, -0.05) is 0 Å². The zero-order valence-electron chi connectivity index (χ0n) is 8.85. The monoisotopic (exact) mass is 242 g/mol. The third-order valence-electron chi connectivity index (χ3n) is 2.64. The third kappa shape index (κ3) is 2.45. The van der Waals surface area contributed by atoms with Crippen molar-refractivity contribution >= 4 is 5.91 Å². The van der Waals surface area contributed by atoms with Gasteiger partial charge in [-0.25, -0.2) is 8.78 Å². The number of hydrogen-bond donors (Lipinski definition) is 1. The molecule has 0 spiro atoms. The van der Waals surface area contributed by atoms with E-state index in [2.05, 4.69) is 5.32 Å². The number of carbonyl (C=O) groups is 1. The first-order chi connectivity index (χ1) is 7.41. The van der Waals surface area contributed by atoms with Gasteiger partial charge in [0.15, 0.2) is 0 Å². The minimum absolute atomic E-state index is 0.119. The van der Waals surface area contributed by atoms with Crippen molar-refractivity contribution in [2.45, 2.75) is 31.2 Å². The Kier molecular flexibility index (Phi) is 4.12. The van der Waals surface area contributed by atoms with E-state index in [1.165, 1.54) is 0 Å². The number of likely N-dealkylation sites (N-methyl/N-ethyl adjacent to an activating group) is 1. The molecule has 0 aromatic rings. The molecule has 0 aliphatic carbocycles. The van der Waals surface area contributed by atoms with E-state index in [1.54, 1.807) is 7.05 Å². The molecular weight excluding hydrogens is 228 g/mol. The molecule has 0 aromatic carbocycles. The topological polar surface area (TPSA) is 32.3 Å². The van der Waals surface area contributed by atoms with Gasteiger partial charge in [0.05, 0.1) is 0 Å². The molecule has 94 valence electrons. The quantitative estimate of drug-likeness (QED) is 0.749. The summed E-state index contributed by atoms with van der Waals surface area (Å²) in [4.78, 5) is 12.1. The molecule has 3 nitrogen and oxygen atoms in total. The normalized spacial score (nSPS) is 21.9. The lowest BCUT2D eigenvalue weighted by molar-refractivity contribution is -0.181. The SMILES string of the molecule is CNCC1CCCN1C(=O)C(F)(F)C(F)F. The van der Waals surface area contributed by atoms with Crippen LogP contribution < -0.4 is 5.32 Å². The van der Waals surface area contributed by atoms with E-state index in [-0.39, 0.29) is 6.54 Å². The molecule has 1 N–H and O–H groups in total. The summed E-state index contributed by atoms with van der Waals surface area (Å²) in [5.41, 5.74) is 0. The Balaban J connectivity index is 2.73. The fourth-order valence-electron chi connectivity index (χ4n) is 1.84. The van der Waals surface area contributed by atoms with E-state index < -0.39 is 24.3 Å². The highest BCUT2D eigenvalue weighted by Gasteiger charge is 2.52. The van der Waals surface area contributed by atoms with Crippen LogP contribution in [0.25, 0.3) is 0 Å². The second-order valence-electron chi connectivity index (χ2n) is 3.78. The van der Waals surface area contributed by atoms with Crippen LogP contribution in [0.1, 0.15) is 12.8 Å². The predicted molar refractivity (Wildman–Crippen MR) is 49.6 cm³/mol. The maximum Gasteiger partial charge on any atom is 0.383 e. The van der Waals surface area contributed by atoms with Crippen molar-refractivity contribution in [2.24, 2.45) is 0 Å². The van der Waals surface area contributed by atoms with Gasteiger partial charge in [0.1, 0.15) is 0 Å². The van der Waals surface area contributed by atoms with Gasteiger partial charge in [-0.05, 0) is 19.9 Å². The van der Waals surface area contributed by atoms with Gasteiger partial charge in [-0.15, -0.1) is 0 Å². The van der Waals surface area contributed by atoms with Crippen molar-refractivity contribution in [2.75, 3.05) is 20.1 Å². The Morgan fingerprint density at radius 1 is 1.56 bits per heavy atom. The van der Waals surface area contributed by atoms with Crippen LogP contribution in [0, 0.1) is 0 Å². The smallest absolute Gasteiger partial charge is 0.333 e. The van der Waals surface area contributed by atoms with Gasteiger partial charge in [-0.3, -0.25) is 4.79 Å². The van der Waals surface area contributed by atoms with Crippen molar-refractivity contribution in [3.8, 4) is 0 Å². The molecule has 1 rings (SSSR count). The molecule has 1 heterocycles. The average Bonchev–Trinajstić information content (AvgIpc) is 2.65. The summed E-state index contributed by atoms with van der Waals surface area (Å²) in [6, 6.07) is -0.415. The van der Waals surface area contributed by atoms with Crippen LogP contribution in [0.4, 0.5) is 17.6 Å². The Hall–Kier alpha value is -0.850. The standard InChI is InChI=1S/C9H14F4N2O/c1-14-5-6-3-2-4-15(6)8(16)9(12,13)7(10)11/h6-7,14H,2-5H2,1H3. The summed E-state index contributed by atoms with van der Waals surface area (Å²) in [5.74, 6) is -6.34. The molecule has 1 unspecified atom stereocenters. The first-order valence-electron chi connectivity index (χ1n) is 5.03. The zero-order chi connectivity index (χ0) is 12.3. The van der Waals surface area contributed by atoms with Gasteiger partial charge in [0, 0.05) is 19.1 Å². The number of nitrogens with zero attached hydrogens (tertiary/aromatic N) is 1. The van der Waals surface area contributed by atoms with Crippen LogP contribution in [0.15, 0.2) is 0 Å². The summed E-state index contributed by atoms with van der Waals surface area (Å²) < 4.78 is 49.7. The first kappa shape index (κ1) is 13.2. The van der Waals surface area contributed by atoms with Gasteiger partial charge in [0.25, 0.3) is 5.91 Å². The third-order valence-corrected chi connectivity index (χ3v) is 2.64. The fraction of sp³-hybridized carbons (Fsp3) is 0.889. The number of rotatable bonds is 4. The van der Waals surface area contributed by atoms with Crippen LogP contribution in [0.5, 0.6) is 0 Å². The van der Waals surface area contributed by atoms with Gasteiger partial charge >= 0.3 is 12.3 Å². The molecule has 1 fully saturated rings. The summed E-state index contributed by atoms with van der Waals surface area (Å²) >= 11 is 0. The summed E-state index contributed by atoms with van der Waals surface area (Å²) in [7, 11) is 1.62. The molecule has 1 atom stereocenters. The van der Waals surface area contributed by atoms with Crippen molar-refractivity contribution in [1.82, 2.24) is 10.2 Å². The van der Waals surface area contributed by atoms with Gasteiger partial charge in [0.2, 0.25) is 0 Å². The molecular formula is C9H14F4N2O. The van der Waals surface area contributed by atoms with E-state index in [9.17, 15) is 22.4 Å². The maximum atomic E-state index is 12.8. The lowest BCUT2D eigenvalue weighted by Crippen LogP contribution is -2.51. The number of alkyl halides is 4. The lowest BCUT2D eigenvalue weighted by Gasteiger charge is -2.28. The summed E-state index contributed by atoms with van der Waals surface area (Å²) in [6.07, 6.45) is -2.82. The number of hydrogen-bond acceptors (Lipinski definition) is 2. The highest BCUT2D eigenvalue weighted by atomic mass is 19.3. The molecule has 7 heteroatoms. The number of likely N-dealkylation sites (tertiary alicyclic amines) is 1. The minimum Gasteiger partial charge on any atom is -0.333 e. The summed E-state index contributed by atoms with van der Waals surface area (Å²) in [5, 5.41) is 2.75. The Morgan fingerprint density at radius 3 is 2.69 bits per heavy atom. The van der Waals surface area contributed by atoms with E-state index in [1.807, 2.05) is 0 Å². The highest BCUT2D eigenvalue weighted by Crippen LogP contribution is 2.29. The van der Waals surface area contributed by atoms with Gasteiger partial charge in [-0.2, -0.15) is 8.78 Å². The molecule has 1 aliphatic heterocycles. The lowest BCUT2D eigenvalue weighted by atomic mass is 10.2. The van der Waals surface area contributed by atoms with E-state index >= 15 is 0 Å². The van der Waals surface area contributed by atoms with Crippen molar-refractivity contribution in [1.29, 1.82) is 0 Å². The maximum absolute atomic E-state index is 12.8. The van der Waals surface area contributed by atoms with Crippen LogP contribution in [0.2, 0.25) is 0 Å². The van der Waals surface area contributed by atoms with E-state index in [0.717, 1.165) is 4.90 Å². The highest BCUT2D eigenvalue weighted by molar-refractivity contribution is 5.84. The van der Waals surface area contributed by atoms with Crippen molar-refractivity contribution in [3.63, 3.8) is 0 Å². The molecule has 0 bridgehead atoms. The van der Waals surface area contributed by atoms with Crippen molar-refractivity contribution < 1.29 is 22.4 Å². The average molecular weight is 242 g/mol. The Bertz CT molecular complexity index is 260. The molecule has 0 aromatic heterocycles. The zero-order valence-corrected chi connectivity index (χ0v) is 8.85. The van der Waals surface area contributed by atoms with E-state index in [0.29, 0.717) is 19.4 Å². The number of amides is 1. The second kappa shape index (κ2) is 4.99. The molecule has 16 heavy (non-hydrogen) atoms. The van der Waals surface area contributed by atoms with Crippen LogP contribution >= 0.6 is 0 Å². The minimum atomic E-state index is -4.57. The molecule has 0 radical (unpaired) electrons. The molecule has 1 amide bonds. The van der Waals surface area contributed by atoms with Crippen LogP contribution in [-0.4, -0.2) is 49.3 Å². The number of carbonyl (C=O) groups excluding carboxylic acids is 1. The predicted octanol–water partition coefficient (Wildman–Crippen LogP) is 1.10. The molecule has 1 saturated heterocycles. The molecule has 1 aliphatic rings. The largest absolute Gasteiger partial charge is 0.383 e. The fourth-order valence-corrected chi connectivity index (χ4v) is 1.84. The number of halogens is 4. The van der Waals surface area contributed by atoms with Crippen LogP contribution in [0.3, 0.4) is 0 Å². The first-order valence-corrected chi connectivity index (χ1v) is 5.03. The Morgan fingerprint density at radius 2 is 2.19 bits per heavy atom. The second-order valence-corrected chi connectivity index (χ2v) is 3.78. The molecule has 0 saturated carbocycles.